The second-order valence-corrected chi connectivity index (χ2v) is 5.25. The lowest BCUT2D eigenvalue weighted by Gasteiger charge is -2.24. The minimum Gasteiger partial charge on any atom is -0.327 e. The van der Waals surface area contributed by atoms with E-state index in [1.165, 1.54) is 6.20 Å². The molecule has 2 amide bonds. The SMILES string of the molecule is O=C(Nc1ccccc1)[C@@H]1CCCN1C(=O)c1cccnc1. The van der Waals surface area contributed by atoms with E-state index < -0.39 is 6.04 Å². The highest BCUT2D eigenvalue weighted by molar-refractivity contribution is 6.01. The minimum absolute atomic E-state index is 0.138. The Morgan fingerprint density at radius 1 is 1.14 bits per heavy atom. The summed E-state index contributed by atoms with van der Waals surface area (Å²) in [6.07, 6.45) is 4.68. The van der Waals surface area contributed by atoms with Crippen molar-refractivity contribution in [2.45, 2.75) is 18.9 Å². The highest BCUT2D eigenvalue weighted by Gasteiger charge is 2.34. The molecule has 2 heterocycles. The summed E-state index contributed by atoms with van der Waals surface area (Å²) in [6, 6.07) is 12.3. The number of amides is 2. The van der Waals surface area contributed by atoms with Gasteiger partial charge in [0.25, 0.3) is 5.91 Å². The molecule has 0 radical (unpaired) electrons. The predicted molar refractivity (Wildman–Crippen MR) is 83.4 cm³/mol. The lowest BCUT2D eigenvalue weighted by Crippen LogP contribution is -2.43. The molecule has 0 bridgehead atoms. The third-order valence-corrected chi connectivity index (χ3v) is 3.77. The fourth-order valence-corrected chi connectivity index (χ4v) is 2.68. The van der Waals surface area contributed by atoms with Crippen LogP contribution in [0.5, 0.6) is 0 Å². The van der Waals surface area contributed by atoms with Crippen molar-refractivity contribution < 1.29 is 9.59 Å². The Labute approximate surface area is 129 Å². The second-order valence-electron chi connectivity index (χ2n) is 5.25. The van der Waals surface area contributed by atoms with Crippen molar-refractivity contribution in [1.82, 2.24) is 9.88 Å². The van der Waals surface area contributed by atoms with Gasteiger partial charge in [-0.25, -0.2) is 0 Å². The van der Waals surface area contributed by atoms with E-state index in [0.29, 0.717) is 18.5 Å². The fourth-order valence-electron chi connectivity index (χ4n) is 2.68. The normalized spacial score (nSPS) is 17.3. The molecule has 0 aliphatic carbocycles. The van der Waals surface area contributed by atoms with Crippen molar-refractivity contribution >= 4 is 17.5 Å². The predicted octanol–water partition coefficient (Wildman–Crippen LogP) is 2.32. The summed E-state index contributed by atoms with van der Waals surface area (Å²) in [5, 5.41) is 2.87. The molecule has 0 saturated carbocycles. The lowest BCUT2D eigenvalue weighted by atomic mass is 10.1. The maximum absolute atomic E-state index is 12.5. The topological polar surface area (TPSA) is 62.3 Å². The number of hydrogen-bond donors (Lipinski definition) is 1. The molecule has 5 heteroatoms. The maximum atomic E-state index is 12.5. The third kappa shape index (κ3) is 2.98. The van der Waals surface area contributed by atoms with Crippen molar-refractivity contribution in [3.8, 4) is 0 Å². The molecule has 0 spiro atoms. The first-order valence-electron chi connectivity index (χ1n) is 7.32. The molecule has 1 aliphatic heterocycles. The van der Waals surface area contributed by atoms with Gasteiger partial charge in [0.05, 0.1) is 5.56 Å². The van der Waals surface area contributed by atoms with Crippen LogP contribution in [0.15, 0.2) is 54.9 Å². The van der Waals surface area contributed by atoms with Crippen LogP contribution in [0.3, 0.4) is 0 Å². The molecule has 1 aromatic heterocycles. The smallest absolute Gasteiger partial charge is 0.256 e. The average Bonchev–Trinajstić information content (AvgIpc) is 3.05. The molecule has 1 aliphatic rings. The van der Waals surface area contributed by atoms with Gasteiger partial charge >= 0.3 is 0 Å². The Balaban J connectivity index is 1.73. The van der Waals surface area contributed by atoms with Gasteiger partial charge in [0, 0.05) is 24.6 Å². The van der Waals surface area contributed by atoms with E-state index in [9.17, 15) is 9.59 Å². The van der Waals surface area contributed by atoms with Crippen LogP contribution in [0.2, 0.25) is 0 Å². The molecular weight excluding hydrogens is 278 g/mol. The van der Waals surface area contributed by atoms with Gasteiger partial charge in [0.1, 0.15) is 6.04 Å². The van der Waals surface area contributed by atoms with E-state index in [-0.39, 0.29) is 11.8 Å². The first kappa shape index (κ1) is 14.3. The van der Waals surface area contributed by atoms with Gasteiger partial charge in [-0.1, -0.05) is 18.2 Å². The van der Waals surface area contributed by atoms with Crippen LogP contribution >= 0.6 is 0 Å². The van der Waals surface area contributed by atoms with Gasteiger partial charge in [-0.2, -0.15) is 0 Å². The fraction of sp³-hybridized carbons (Fsp3) is 0.235. The summed E-state index contributed by atoms with van der Waals surface area (Å²) in [5.41, 5.74) is 1.26. The third-order valence-electron chi connectivity index (χ3n) is 3.77. The minimum atomic E-state index is -0.423. The van der Waals surface area contributed by atoms with Crippen molar-refractivity contribution in [3.05, 3.63) is 60.4 Å². The van der Waals surface area contributed by atoms with E-state index in [2.05, 4.69) is 10.3 Å². The number of aromatic nitrogens is 1. The van der Waals surface area contributed by atoms with Gasteiger partial charge < -0.3 is 10.2 Å². The van der Waals surface area contributed by atoms with Gasteiger partial charge in [-0.05, 0) is 37.1 Å². The summed E-state index contributed by atoms with van der Waals surface area (Å²) >= 11 is 0. The van der Waals surface area contributed by atoms with Crippen molar-refractivity contribution in [2.75, 3.05) is 11.9 Å². The Morgan fingerprint density at radius 3 is 2.68 bits per heavy atom. The summed E-state index contributed by atoms with van der Waals surface area (Å²) < 4.78 is 0. The van der Waals surface area contributed by atoms with E-state index in [4.69, 9.17) is 0 Å². The van der Waals surface area contributed by atoms with Crippen molar-refractivity contribution in [2.24, 2.45) is 0 Å². The Bertz CT molecular complexity index is 658. The molecule has 1 fully saturated rings. The zero-order valence-corrected chi connectivity index (χ0v) is 12.1. The molecule has 22 heavy (non-hydrogen) atoms. The number of pyridine rings is 1. The van der Waals surface area contributed by atoms with Crippen LogP contribution in [0.4, 0.5) is 5.69 Å². The standard InChI is InChI=1S/C17H17N3O2/c21-16(19-14-7-2-1-3-8-14)15-9-5-11-20(15)17(22)13-6-4-10-18-12-13/h1-4,6-8,10,12,15H,5,9,11H2,(H,19,21)/t15-/m0/s1. The largest absolute Gasteiger partial charge is 0.327 e. The molecule has 1 atom stereocenters. The molecule has 2 aromatic rings. The van der Waals surface area contributed by atoms with Crippen molar-refractivity contribution in [1.29, 1.82) is 0 Å². The van der Waals surface area contributed by atoms with E-state index >= 15 is 0 Å². The van der Waals surface area contributed by atoms with Crippen molar-refractivity contribution in [3.63, 3.8) is 0 Å². The highest BCUT2D eigenvalue weighted by Crippen LogP contribution is 2.21. The van der Waals surface area contributed by atoms with Gasteiger partial charge in [-0.15, -0.1) is 0 Å². The summed E-state index contributed by atoms with van der Waals surface area (Å²) in [7, 11) is 0. The van der Waals surface area contributed by atoms with Crippen LogP contribution < -0.4 is 5.32 Å². The van der Waals surface area contributed by atoms with Gasteiger partial charge in [0.2, 0.25) is 5.91 Å². The number of carbonyl (C=O) groups excluding carboxylic acids is 2. The molecule has 1 saturated heterocycles. The summed E-state index contributed by atoms with van der Waals surface area (Å²) in [4.78, 5) is 30.6. The Kier molecular flexibility index (Phi) is 4.14. The Hall–Kier alpha value is -2.69. The number of nitrogens with one attached hydrogen (secondary N) is 1. The zero-order valence-electron chi connectivity index (χ0n) is 12.1. The summed E-state index contributed by atoms with van der Waals surface area (Å²) in [6.45, 7) is 0.598. The van der Waals surface area contributed by atoms with Crippen LogP contribution in [0, 0.1) is 0 Å². The molecule has 5 nitrogen and oxygen atoms in total. The number of benzene rings is 1. The first-order valence-corrected chi connectivity index (χ1v) is 7.32. The number of rotatable bonds is 3. The number of anilines is 1. The van der Waals surface area contributed by atoms with Crippen LogP contribution in [-0.2, 0) is 4.79 Å². The quantitative estimate of drug-likeness (QED) is 0.945. The second kappa shape index (κ2) is 6.39. The van der Waals surface area contributed by atoms with Gasteiger partial charge in [-0.3, -0.25) is 14.6 Å². The molecule has 1 N–H and O–H groups in total. The zero-order chi connectivity index (χ0) is 15.4. The van der Waals surface area contributed by atoms with E-state index in [1.54, 1.807) is 23.2 Å². The highest BCUT2D eigenvalue weighted by atomic mass is 16.2. The van der Waals surface area contributed by atoms with E-state index in [0.717, 1.165) is 12.1 Å². The van der Waals surface area contributed by atoms with E-state index in [1.807, 2.05) is 30.3 Å². The molecule has 1 aromatic carbocycles. The van der Waals surface area contributed by atoms with Crippen LogP contribution in [0.25, 0.3) is 0 Å². The number of hydrogen-bond acceptors (Lipinski definition) is 3. The van der Waals surface area contributed by atoms with Crippen LogP contribution in [0.1, 0.15) is 23.2 Å². The first-order chi connectivity index (χ1) is 10.8. The number of likely N-dealkylation sites (tertiary alicyclic amines) is 1. The lowest BCUT2D eigenvalue weighted by molar-refractivity contribution is -0.119. The monoisotopic (exact) mass is 295 g/mol. The molecule has 3 rings (SSSR count). The molecular formula is C17H17N3O2. The van der Waals surface area contributed by atoms with Crippen LogP contribution in [-0.4, -0.2) is 34.3 Å². The molecule has 112 valence electrons. The number of carbonyl (C=O) groups is 2. The maximum Gasteiger partial charge on any atom is 0.256 e. The van der Waals surface area contributed by atoms with Gasteiger partial charge in [0.15, 0.2) is 0 Å². The molecule has 0 unspecified atom stereocenters. The summed E-state index contributed by atoms with van der Waals surface area (Å²) in [5.74, 6) is -0.278. The number of nitrogens with zero attached hydrogens (tertiary/aromatic N) is 2. The number of para-hydroxylation sites is 1. The Morgan fingerprint density at radius 2 is 1.95 bits per heavy atom. The average molecular weight is 295 g/mol.